The van der Waals surface area contributed by atoms with Crippen molar-refractivity contribution < 1.29 is 31.0 Å². The first-order valence-electron chi connectivity index (χ1n) is 4.81. The summed E-state index contributed by atoms with van der Waals surface area (Å²) in [5, 5.41) is 28.1. The van der Waals surface area contributed by atoms with Gasteiger partial charge in [-0.15, -0.1) is 0 Å². The second-order valence-electron chi connectivity index (χ2n) is 3.59. The smallest absolute Gasteiger partial charge is 0.345 e. The van der Waals surface area contributed by atoms with Crippen LogP contribution in [0.4, 0.5) is 0 Å². The lowest BCUT2D eigenvalue weighted by Crippen LogP contribution is -2.32. The molecule has 1 unspecified atom stereocenters. The number of nitrogens with zero attached hydrogens (tertiary/aromatic N) is 1. The molecule has 1 fully saturated rings. The Morgan fingerprint density at radius 3 is 2.50 bits per heavy atom. The van der Waals surface area contributed by atoms with Gasteiger partial charge in [-0.05, 0) is 6.07 Å². The van der Waals surface area contributed by atoms with Gasteiger partial charge in [0.2, 0.25) is 0 Å². The first-order chi connectivity index (χ1) is 7.63. The monoisotopic (exact) mass is 264 g/mol. The van der Waals surface area contributed by atoms with E-state index in [0.717, 1.165) is 0 Å². The van der Waals surface area contributed by atoms with Crippen molar-refractivity contribution in [2.45, 2.75) is 24.4 Å². The van der Waals surface area contributed by atoms with E-state index in [-0.39, 0.29) is 11.0 Å². The van der Waals surface area contributed by atoms with Crippen molar-refractivity contribution in [3.05, 3.63) is 28.4 Å². The van der Waals surface area contributed by atoms with E-state index in [1.807, 2.05) is 0 Å². The van der Waals surface area contributed by atoms with E-state index in [2.05, 4.69) is 9.97 Å². The van der Waals surface area contributed by atoms with Gasteiger partial charge in [0, 0.05) is 6.20 Å². The Morgan fingerprint density at radius 2 is 2.00 bits per heavy atom. The fourth-order valence-electron chi connectivity index (χ4n) is 1.71. The average molecular weight is 264 g/mol. The van der Waals surface area contributed by atoms with Crippen LogP contribution in [0.2, 0.25) is 0 Å². The molecule has 0 bridgehead atoms. The van der Waals surface area contributed by atoms with Gasteiger partial charge < -0.3 is 36.0 Å². The molecule has 1 aliphatic rings. The van der Waals surface area contributed by atoms with Gasteiger partial charge in [0.1, 0.15) is 24.4 Å². The van der Waals surface area contributed by atoms with E-state index in [1.165, 1.54) is 12.3 Å². The first-order valence-corrected chi connectivity index (χ1v) is 4.81. The molecule has 4 atom stereocenters. The highest BCUT2D eigenvalue weighted by atomic mass is 16.6. The molecule has 18 heavy (non-hydrogen) atoms. The number of nitrogens with one attached hydrogen (secondary N) is 1. The molecule has 8 N–H and O–H groups in total. The van der Waals surface area contributed by atoms with E-state index >= 15 is 0 Å². The molecule has 2 heterocycles. The Hall–Kier alpha value is -1.36. The molecule has 0 aromatic carbocycles. The molecule has 1 aliphatic heterocycles. The molecular formula is C9H16N2O7. The predicted molar refractivity (Wildman–Crippen MR) is 58.8 cm³/mol. The molecule has 104 valence electrons. The highest BCUT2D eigenvalue weighted by molar-refractivity contribution is 5.09. The Bertz CT molecular complexity index is 423. The van der Waals surface area contributed by atoms with Crippen molar-refractivity contribution in [3.63, 3.8) is 0 Å². The lowest BCUT2D eigenvalue weighted by Gasteiger charge is -2.13. The van der Waals surface area contributed by atoms with Crippen molar-refractivity contribution >= 4 is 0 Å². The molecular weight excluding hydrogens is 248 g/mol. The molecule has 1 aromatic heterocycles. The second kappa shape index (κ2) is 6.54. The average Bonchev–Trinajstić information content (AvgIpc) is 2.56. The molecule has 9 heteroatoms. The Labute approximate surface area is 101 Å². The number of rotatable bonds is 2. The molecule has 0 aliphatic carbocycles. The summed E-state index contributed by atoms with van der Waals surface area (Å²) in [6, 6.07) is 1.47. The summed E-state index contributed by atoms with van der Waals surface area (Å²) in [4.78, 5) is 16.8. The zero-order valence-corrected chi connectivity index (χ0v) is 9.28. The minimum Gasteiger partial charge on any atom is -0.412 e. The highest BCUT2D eigenvalue weighted by Crippen LogP contribution is 2.31. The number of aromatic nitrogens is 2. The van der Waals surface area contributed by atoms with Crippen molar-refractivity contribution in [2.75, 3.05) is 6.61 Å². The van der Waals surface area contributed by atoms with E-state index in [9.17, 15) is 15.0 Å². The summed E-state index contributed by atoms with van der Waals surface area (Å²) in [5.74, 6) is 0. The summed E-state index contributed by atoms with van der Waals surface area (Å²) in [5.41, 5.74) is -0.238. The Morgan fingerprint density at radius 1 is 1.33 bits per heavy atom. The first kappa shape index (κ1) is 16.6. The van der Waals surface area contributed by atoms with Crippen LogP contribution in [0.1, 0.15) is 11.8 Å². The number of aliphatic hydroxyl groups is 3. The van der Waals surface area contributed by atoms with Crippen LogP contribution >= 0.6 is 0 Å². The Balaban J connectivity index is 0.00000144. The molecule has 9 nitrogen and oxygen atoms in total. The third-order valence-electron chi connectivity index (χ3n) is 2.55. The zero-order chi connectivity index (χ0) is 11.7. The molecule has 0 amide bonds. The van der Waals surface area contributed by atoms with Gasteiger partial charge in [-0.2, -0.15) is 0 Å². The molecule has 0 saturated carbocycles. The quantitative estimate of drug-likeness (QED) is 0.426. The molecule has 0 radical (unpaired) electrons. The van der Waals surface area contributed by atoms with Crippen LogP contribution < -0.4 is 5.69 Å². The van der Waals surface area contributed by atoms with E-state index in [4.69, 9.17) is 9.84 Å². The van der Waals surface area contributed by atoms with Crippen LogP contribution in [-0.2, 0) is 4.74 Å². The van der Waals surface area contributed by atoms with Crippen molar-refractivity contribution in [1.82, 2.24) is 9.97 Å². The third-order valence-corrected chi connectivity index (χ3v) is 2.55. The maximum atomic E-state index is 11.0. The lowest BCUT2D eigenvalue weighted by molar-refractivity contribution is -0.0240. The number of hydrogen-bond donors (Lipinski definition) is 4. The maximum Gasteiger partial charge on any atom is 0.345 e. The molecule has 2 rings (SSSR count). The lowest BCUT2D eigenvalue weighted by atomic mass is 10.1. The molecule has 0 spiro atoms. The number of aromatic amines is 1. The fourth-order valence-corrected chi connectivity index (χ4v) is 1.71. The summed E-state index contributed by atoms with van der Waals surface area (Å²) < 4.78 is 5.23. The van der Waals surface area contributed by atoms with Crippen LogP contribution in [-0.4, -0.2) is 61.2 Å². The zero-order valence-electron chi connectivity index (χ0n) is 9.28. The van der Waals surface area contributed by atoms with Gasteiger partial charge in [-0.3, -0.25) is 0 Å². The standard InChI is InChI=1S/C9H12N2O5.2H2O/c12-3-5-6(13)7(14)8(16-5)4-1-2-10-9(15)11-4;;/h1-2,5-8,12-14H,3H2,(H,10,11,15);2*1H2/t5-,6-,7-,8?;;/m1../s1. The fraction of sp³-hybridized carbons (Fsp3) is 0.556. The van der Waals surface area contributed by atoms with Crippen molar-refractivity contribution in [2.24, 2.45) is 0 Å². The minimum atomic E-state index is -1.18. The number of aliphatic hydroxyl groups excluding tert-OH is 3. The summed E-state index contributed by atoms with van der Waals surface area (Å²) >= 11 is 0. The van der Waals surface area contributed by atoms with E-state index < -0.39 is 36.7 Å². The van der Waals surface area contributed by atoms with Gasteiger partial charge in [0.25, 0.3) is 0 Å². The Kier molecular flexibility index (Phi) is 6.05. The van der Waals surface area contributed by atoms with Crippen LogP contribution in [0.15, 0.2) is 17.1 Å². The van der Waals surface area contributed by atoms with Gasteiger partial charge in [0.05, 0.1) is 12.3 Å². The van der Waals surface area contributed by atoms with Crippen LogP contribution in [0.5, 0.6) is 0 Å². The SMILES string of the molecule is O.O.O=c1nccc(C2O[C@H](CO)[C@@H](O)[C@H]2O)[nH]1. The number of H-pyrrole nitrogens is 1. The summed E-state index contributed by atoms with van der Waals surface area (Å²) in [6.45, 7) is -0.399. The number of hydrogen-bond acceptors (Lipinski definition) is 6. The summed E-state index contributed by atoms with van der Waals surface area (Å²) in [7, 11) is 0. The second-order valence-corrected chi connectivity index (χ2v) is 3.59. The van der Waals surface area contributed by atoms with Gasteiger partial charge in [-0.25, -0.2) is 9.78 Å². The third kappa shape index (κ3) is 2.90. The molecule has 1 aromatic rings. The van der Waals surface area contributed by atoms with E-state index in [1.54, 1.807) is 0 Å². The van der Waals surface area contributed by atoms with Crippen LogP contribution in [0.25, 0.3) is 0 Å². The van der Waals surface area contributed by atoms with Crippen molar-refractivity contribution in [1.29, 1.82) is 0 Å². The van der Waals surface area contributed by atoms with Gasteiger partial charge in [-0.1, -0.05) is 0 Å². The highest BCUT2D eigenvalue weighted by Gasteiger charge is 2.43. The molecule has 1 saturated heterocycles. The predicted octanol–water partition coefficient (Wildman–Crippen LogP) is -3.73. The van der Waals surface area contributed by atoms with Gasteiger partial charge >= 0.3 is 5.69 Å². The van der Waals surface area contributed by atoms with Crippen LogP contribution in [0.3, 0.4) is 0 Å². The van der Waals surface area contributed by atoms with Crippen LogP contribution in [0, 0.1) is 0 Å². The topological polar surface area (TPSA) is 179 Å². The minimum absolute atomic E-state index is 0. The largest absolute Gasteiger partial charge is 0.412 e. The normalized spacial score (nSPS) is 30.4. The number of ether oxygens (including phenoxy) is 1. The summed E-state index contributed by atoms with van der Waals surface area (Å²) in [6.07, 6.45) is -2.79. The maximum absolute atomic E-state index is 11.0. The van der Waals surface area contributed by atoms with Gasteiger partial charge in [0.15, 0.2) is 0 Å². The van der Waals surface area contributed by atoms with Crippen molar-refractivity contribution in [3.8, 4) is 0 Å². The van der Waals surface area contributed by atoms with E-state index in [0.29, 0.717) is 5.69 Å².